The van der Waals surface area contributed by atoms with Crippen LogP contribution < -0.4 is 24.4 Å². The number of benzene rings is 3. The Hall–Kier alpha value is -4.26. The summed E-state index contributed by atoms with van der Waals surface area (Å²) in [6, 6.07) is 13.3. The van der Waals surface area contributed by atoms with Crippen LogP contribution in [-0.2, 0) is 21.0 Å². The molecule has 0 aromatic heterocycles. The van der Waals surface area contributed by atoms with Gasteiger partial charge in [-0.3, -0.25) is 13.9 Å². The number of halogens is 3. The van der Waals surface area contributed by atoms with Gasteiger partial charge in [0.2, 0.25) is 5.91 Å². The topological polar surface area (TPSA) is 114 Å². The molecule has 3 aromatic rings. The Kier molecular flexibility index (Phi) is 9.22. The van der Waals surface area contributed by atoms with Gasteiger partial charge in [0.25, 0.3) is 15.9 Å². The maximum Gasteiger partial charge on any atom is 0.416 e. The maximum absolute atomic E-state index is 13.8. The maximum atomic E-state index is 13.8. The molecular weight excluding hydrogens is 563 g/mol. The Morgan fingerprint density at radius 2 is 1.54 bits per heavy atom. The first kappa shape index (κ1) is 31.3. The van der Waals surface area contributed by atoms with Gasteiger partial charge in [0.1, 0.15) is 6.54 Å². The molecule has 0 bridgehead atoms. The highest BCUT2D eigenvalue weighted by Crippen LogP contribution is 2.35. The molecule has 3 rings (SSSR count). The van der Waals surface area contributed by atoms with Crippen LogP contribution in [0.25, 0.3) is 0 Å². The van der Waals surface area contributed by atoms with Crippen molar-refractivity contribution >= 4 is 33.2 Å². The van der Waals surface area contributed by atoms with Crippen molar-refractivity contribution < 1.29 is 40.7 Å². The van der Waals surface area contributed by atoms with E-state index in [-0.39, 0.29) is 27.6 Å². The summed E-state index contributed by atoms with van der Waals surface area (Å²) < 4.78 is 79.0. The number of ether oxygens (including phenoxy) is 2. The third-order valence-corrected chi connectivity index (χ3v) is 7.40. The second kappa shape index (κ2) is 12.1. The standard InChI is InChI=1S/C28H30F3N3O6S/c1-27(2,3)33-26(36)21-11-6-7-12-22(21)32-25(35)17-34(19-10-8-9-18(15-19)28(29,30)31)41(37,38)20-13-14-23(39-4)24(16-20)40-5/h6-16H,17H2,1-5H3,(H,32,35)(H,33,36). The fraction of sp³-hybridized carbons (Fsp3) is 0.286. The highest BCUT2D eigenvalue weighted by molar-refractivity contribution is 7.92. The molecule has 2 amide bonds. The number of amides is 2. The summed E-state index contributed by atoms with van der Waals surface area (Å²) in [4.78, 5) is 25.7. The van der Waals surface area contributed by atoms with E-state index in [2.05, 4.69) is 10.6 Å². The lowest BCUT2D eigenvalue weighted by Gasteiger charge is -2.25. The van der Waals surface area contributed by atoms with Crippen LogP contribution in [0, 0.1) is 0 Å². The monoisotopic (exact) mass is 593 g/mol. The van der Waals surface area contributed by atoms with E-state index in [1.807, 2.05) is 0 Å². The minimum Gasteiger partial charge on any atom is -0.493 e. The third kappa shape index (κ3) is 7.69. The average molecular weight is 594 g/mol. The zero-order valence-electron chi connectivity index (χ0n) is 23.0. The van der Waals surface area contributed by atoms with Gasteiger partial charge in [-0.25, -0.2) is 8.42 Å². The van der Waals surface area contributed by atoms with Crippen molar-refractivity contribution in [3.8, 4) is 11.5 Å². The minimum absolute atomic E-state index is 0.0563. The van der Waals surface area contributed by atoms with Crippen molar-refractivity contribution in [1.29, 1.82) is 0 Å². The number of rotatable bonds is 9. The van der Waals surface area contributed by atoms with Gasteiger partial charge in [-0.2, -0.15) is 13.2 Å². The van der Waals surface area contributed by atoms with E-state index in [9.17, 15) is 31.2 Å². The van der Waals surface area contributed by atoms with E-state index in [0.717, 1.165) is 24.3 Å². The lowest BCUT2D eigenvalue weighted by Crippen LogP contribution is -2.41. The first-order valence-electron chi connectivity index (χ1n) is 12.2. The molecule has 0 aliphatic carbocycles. The van der Waals surface area contributed by atoms with Crippen molar-refractivity contribution in [2.24, 2.45) is 0 Å². The lowest BCUT2D eigenvalue weighted by molar-refractivity contribution is -0.137. The molecule has 0 unspecified atom stereocenters. The molecule has 0 heterocycles. The quantitative estimate of drug-likeness (QED) is 0.358. The Bertz CT molecular complexity index is 1540. The van der Waals surface area contributed by atoms with E-state index in [1.54, 1.807) is 32.9 Å². The first-order chi connectivity index (χ1) is 19.1. The highest BCUT2D eigenvalue weighted by Gasteiger charge is 2.34. The predicted molar refractivity (Wildman–Crippen MR) is 148 cm³/mol. The molecule has 2 N–H and O–H groups in total. The van der Waals surface area contributed by atoms with Gasteiger partial charge in [-0.15, -0.1) is 0 Å². The van der Waals surface area contributed by atoms with Crippen LogP contribution in [0.4, 0.5) is 24.5 Å². The number of carbonyl (C=O) groups excluding carboxylic acids is 2. The van der Waals surface area contributed by atoms with E-state index < -0.39 is 51.3 Å². The number of hydrogen-bond donors (Lipinski definition) is 2. The van der Waals surface area contributed by atoms with E-state index in [4.69, 9.17) is 9.47 Å². The second-order valence-corrected chi connectivity index (χ2v) is 11.7. The van der Waals surface area contributed by atoms with Crippen molar-refractivity contribution in [1.82, 2.24) is 5.32 Å². The van der Waals surface area contributed by atoms with Crippen LogP contribution in [0.2, 0.25) is 0 Å². The van der Waals surface area contributed by atoms with Gasteiger partial charge in [-0.1, -0.05) is 18.2 Å². The normalized spacial score (nSPS) is 11.9. The molecule has 0 saturated heterocycles. The Morgan fingerprint density at radius 1 is 0.878 bits per heavy atom. The van der Waals surface area contributed by atoms with Crippen molar-refractivity contribution in [3.05, 3.63) is 77.9 Å². The number of hydrogen-bond acceptors (Lipinski definition) is 6. The SMILES string of the molecule is COc1ccc(S(=O)(=O)N(CC(=O)Nc2ccccc2C(=O)NC(C)(C)C)c2cccc(C(F)(F)F)c2)cc1OC. The van der Waals surface area contributed by atoms with Gasteiger partial charge in [-0.05, 0) is 63.2 Å². The largest absolute Gasteiger partial charge is 0.493 e. The number of nitrogens with one attached hydrogen (secondary N) is 2. The zero-order chi connectivity index (χ0) is 30.6. The smallest absolute Gasteiger partial charge is 0.416 e. The van der Waals surface area contributed by atoms with Gasteiger partial charge in [0, 0.05) is 11.6 Å². The molecule has 0 aliphatic heterocycles. The summed E-state index contributed by atoms with van der Waals surface area (Å²) in [5, 5.41) is 5.29. The fourth-order valence-corrected chi connectivity index (χ4v) is 5.20. The van der Waals surface area contributed by atoms with Gasteiger partial charge >= 0.3 is 6.18 Å². The fourth-order valence-electron chi connectivity index (χ4n) is 3.77. The summed E-state index contributed by atoms with van der Waals surface area (Å²) in [7, 11) is -1.98. The summed E-state index contributed by atoms with van der Waals surface area (Å²) in [5.41, 5.74) is -1.88. The van der Waals surface area contributed by atoms with Crippen LogP contribution in [0.5, 0.6) is 11.5 Å². The Labute approximate surface area is 236 Å². The number of carbonyl (C=O) groups is 2. The van der Waals surface area contributed by atoms with Crippen molar-refractivity contribution in [3.63, 3.8) is 0 Å². The molecule has 0 saturated carbocycles. The van der Waals surface area contributed by atoms with Crippen molar-refractivity contribution in [2.45, 2.75) is 37.4 Å². The second-order valence-electron chi connectivity index (χ2n) is 9.87. The van der Waals surface area contributed by atoms with Crippen LogP contribution in [0.15, 0.2) is 71.6 Å². The first-order valence-corrected chi connectivity index (χ1v) is 13.6. The summed E-state index contributed by atoms with van der Waals surface area (Å²) in [5.74, 6) is -1.11. The van der Waals surface area contributed by atoms with Crippen molar-refractivity contribution in [2.75, 3.05) is 30.4 Å². The number of nitrogens with zero attached hydrogens (tertiary/aromatic N) is 1. The van der Waals surface area contributed by atoms with E-state index in [1.165, 1.54) is 38.5 Å². The molecule has 0 radical (unpaired) electrons. The average Bonchev–Trinajstić information content (AvgIpc) is 2.90. The predicted octanol–water partition coefficient (Wildman–Crippen LogP) is 5.08. The lowest BCUT2D eigenvalue weighted by atomic mass is 10.1. The molecule has 13 heteroatoms. The zero-order valence-corrected chi connectivity index (χ0v) is 23.8. The molecule has 220 valence electrons. The van der Waals surface area contributed by atoms with Crippen LogP contribution in [0.1, 0.15) is 36.7 Å². The summed E-state index contributed by atoms with van der Waals surface area (Å²) in [6.07, 6.45) is -4.77. The highest BCUT2D eigenvalue weighted by atomic mass is 32.2. The molecule has 0 fully saturated rings. The summed E-state index contributed by atoms with van der Waals surface area (Å²) >= 11 is 0. The molecule has 41 heavy (non-hydrogen) atoms. The number of para-hydroxylation sites is 1. The number of alkyl halides is 3. The number of anilines is 2. The number of methoxy groups -OCH3 is 2. The molecule has 0 aliphatic rings. The molecule has 9 nitrogen and oxygen atoms in total. The minimum atomic E-state index is -4.77. The Morgan fingerprint density at radius 3 is 2.15 bits per heavy atom. The molecular formula is C28H30F3N3O6S. The van der Waals surface area contributed by atoms with Gasteiger partial charge in [0.05, 0.1) is 41.6 Å². The van der Waals surface area contributed by atoms with Gasteiger partial charge < -0.3 is 20.1 Å². The number of sulfonamides is 1. The van der Waals surface area contributed by atoms with Gasteiger partial charge in [0.15, 0.2) is 11.5 Å². The van der Waals surface area contributed by atoms with Crippen LogP contribution in [-0.4, -0.2) is 46.5 Å². The van der Waals surface area contributed by atoms with E-state index in [0.29, 0.717) is 10.4 Å². The Balaban J connectivity index is 2.05. The van der Waals surface area contributed by atoms with Crippen LogP contribution in [0.3, 0.4) is 0 Å². The summed E-state index contributed by atoms with van der Waals surface area (Å²) in [6.45, 7) is 4.42. The third-order valence-electron chi connectivity index (χ3n) is 5.63. The van der Waals surface area contributed by atoms with Crippen LogP contribution >= 0.6 is 0 Å². The molecule has 0 spiro atoms. The molecule has 0 atom stereocenters. The molecule has 3 aromatic carbocycles. The van der Waals surface area contributed by atoms with E-state index >= 15 is 0 Å².